The minimum Gasteiger partial charge on any atom is -0.466 e. The van der Waals surface area contributed by atoms with E-state index in [-0.39, 0.29) is 5.92 Å². The van der Waals surface area contributed by atoms with Gasteiger partial charge < -0.3 is 8.83 Å². The molecular weight excluding hydrogens is 1420 g/mol. The first-order chi connectivity index (χ1) is 53.0. The summed E-state index contributed by atoms with van der Waals surface area (Å²) in [5.74, 6) is 19.7. The summed E-state index contributed by atoms with van der Waals surface area (Å²) in [6, 6.07) is 50.3. The van der Waals surface area contributed by atoms with Crippen LogP contribution in [0.5, 0.6) is 0 Å². The van der Waals surface area contributed by atoms with E-state index in [2.05, 4.69) is 220 Å². The van der Waals surface area contributed by atoms with Crippen LogP contribution >= 0.6 is 11.3 Å². The number of hydrogen-bond donors (Lipinski definition) is 0. The highest BCUT2D eigenvalue weighted by Crippen LogP contribution is 2.49. The third kappa shape index (κ3) is 27.3. The van der Waals surface area contributed by atoms with Crippen LogP contribution in [0.2, 0.25) is 0 Å². The second-order valence-corrected chi connectivity index (χ2v) is 39.1. The largest absolute Gasteiger partial charge is 0.466 e. The summed E-state index contributed by atoms with van der Waals surface area (Å²) in [5.41, 5.74) is 10.4. The first-order valence-corrected chi connectivity index (χ1v) is 44.6. The molecule has 16 rings (SSSR count). The van der Waals surface area contributed by atoms with E-state index in [0.29, 0.717) is 47.0 Å². The molecule has 0 amide bonds. The molecule has 3 aromatic heterocycles. The Morgan fingerprint density at radius 1 is 0.277 bits per heavy atom. The van der Waals surface area contributed by atoms with E-state index in [1.165, 1.54) is 160 Å². The SMILES string of the molecule is CC1CC(c2ccc(C(F)(F)F)cc2)CC1C.Cc1cc(C2CC(C)C(C)C2)cc(C(F)(F)F)c1.Cc1ccc(C2CC(C)CC2C)o1.Cc1ccc(C2CCC(C)C2)cc1.Cc1ccc(C2CCC(C)C2)o1.Cc1ccc(C2CCC(C)C2)s1.Cc1cccc(C2CC(C)C(C)C2)c1.Cc1cccc(C2CCC(C)C2)c1. The lowest BCUT2D eigenvalue weighted by Gasteiger charge is -2.15. The van der Waals surface area contributed by atoms with Gasteiger partial charge in [0, 0.05) is 21.6 Å². The molecule has 8 fully saturated rings. The normalized spacial score (nSPS) is 29.8. The van der Waals surface area contributed by atoms with E-state index in [4.69, 9.17) is 8.83 Å². The summed E-state index contributed by atoms with van der Waals surface area (Å²) in [5, 5.41) is 0. The number of benzene rings is 5. The predicted octanol–water partition coefficient (Wildman–Crippen LogP) is 33.1. The molecule has 0 bridgehead atoms. The van der Waals surface area contributed by atoms with E-state index in [9.17, 15) is 26.3 Å². The van der Waals surface area contributed by atoms with Crippen molar-refractivity contribution in [1.82, 2.24) is 0 Å². The fourth-order valence-corrected chi connectivity index (χ4v) is 21.0. The Hall–Kier alpha value is -6.06. The van der Waals surface area contributed by atoms with Gasteiger partial charge in [0.25, 0.3) is 0 Å². The maximum Gasteiger partial charge on any atom is 0.416 e. The van der Waals surface area contributed by atoms with Crippen molar-refractivity contribution in [2.24, 2.45) is 71.0 Å². The molecule has 17 atom stereocenters. The first kappa shape index (κ1) is 89.9. The van der Waals surface area contributed by atoms with Crippen LogP contribution < -0.4 is 0 Å². The van der Waals surface area contributed by atoms with Gasteiger partial charge in [-0.05, 0) is 353 Å². The molecule has 8 aromatic rings. The van der Waals surface area contributed by atoms with E-state index in [1.807, 2.05) is 31.3 Å². The third-order valence-corrected chi connectivity index (χ3v) is 28.5. The molecule has 0 spiro atoms. The zero-order valence-electron chi connectivity index (χ0n) is 72.1. The first-order valence-electron chi connectivity index (χ1n) is 43.7. The molecule has 17 unspecified atom stereocenters. The topological polar surface area (TPSA) is 26.3 Å². The van der Waals surface area contributed by atoms with Gasteiger partial charge in [-0.15, -0.1) is 11.3 Å². The predicted molar refractivity (Wildman–Crippen MR) is 461 cm³/mol. The molecule has 8 aliphatic rings. The van der Waals surface area contributed by atoms with Crippen molar-refractivity contribution in [3.63, 3.8) is 0 Å². The Bertz CT molecular complexity index is 3980. The van der Waals surface area contributed by atoms with Crippen LogP contribution in [-0.2, 0) is 12.4 Å². The van der Waals surface area contributed by atoms with Gasteiger partial charge in [-0.25, -0.2) is 0 Å². The molecule has 9 heteroatoms. The summed E-state index contributed by atoms with van der Waals surface area (Å²) in [4.78, 5) is 3.08. The lowest BCUT2D eigenvalue weighted by Crippen LogP contribution is -2.07. The molecule has 5 aromatic carbocycles. The van der Waals surface area contributed by atoms with Crippen LogP contribution in [-0.4, -0.2) is 0 Å². The summed E-state index contributed by atoms with van der Waals surface area (Å²) >= 11 is 1.99. The molecule has 112 heavy (non-hydrogen) atoms. The smallest absolute Gasteiger partial charge is 0.416 e. The van der Waals surface area contributed by atoms with Gasteiger partial charge >= 0.3 is 12.4 Å². The van der Waals surface area contributed by atoms with Crippen LogP contribution in [0, 0.1) is 119 Å². The Labute approximate surface area is 678 Å². The minimum absolute atomic E-state index is 0.288. The molecule has 0 saturated heterocycles. The fourth-order valence-electron chi connectivity index (χ4n) is 19.9. The summed E-state index contributed by atoms with van der Waals surface area (Å²) < 4.78 is 86.9. The highest BCUT2D eigenvalue weighted by molar-refractivity contribution is 7.12. The van der Waals surface area contributed by atoms with Crippen LogP contribution in [0.15, 0.2) is 160 Å². The van der Waals surface area contributed by atoms with Crippen LogP contribution in [0.25, 0.3) is 0 Å². The molecular formula is C103H142F6O2S. The molecule has 8 aliphatic carbocycles. The molecule has 2 nitrogen and oxygen atoms in total. The van der Waals surface area contributed by atoms with Crippen molar-refractivity contribution in [2.75, 3.05) is 0 Å². The van der Waals surface area contributed by atoms with Gasteiger partial charge in [-0.3, -0.25) is 0 Å². The quantitative estimate of drug-likeness (QED) is 0.142. The maximum absolute atomic E-state index is 12.8. The number of thiophene rings is 1. The molecule has 0 aliphatic heterocycles. The highest BCUT2D eigenvalue weighted by Gasteiger charge is 2.37. The van der Waals surface area contributed by atoms with Gasteiger partial charge in [0.1, 0.15) is 23.0 Å². The zero-order chi connectivity index (χ0) is 81.3. The van der Waals surface area contributed by atoms with Crippen molar-refractivity contribution in [1.29, 1.82) is 0 Å². The second-order valence-electron chi connectivity index (χ2n) is 37.8. The van der Waals surface area contributed by atoms with Crippen molar-refractivity contribution in [2.45, 2.75) is 320 Å². The van der Waals surface area contributed by atoms with Crippen LogP contribution in [0.3, 0.4) is 0 Å². The molecule has 8 saturated carbocycles. The zero-order valence-corrected chi connectivity index (χ0v) is 72.9. The van der Waals surface area contributed by atoms with E-state index < -0.39 is 23.5 Å². The number of aryl methyl sites for hydroxylation is 7. The van der Waals surface area contributed by atoms with E-state index in [0.717, 1.165) is 119 Å². The van der Waals surface area contributed by atoms with E-state index in [1.54, 1.807) is 40.6 Å². The fraction of sp³-hybridized carbons (Fsp3) is 0.592. The number of furan rings is 2. The Morgan fingerprint density at radius 2 is 0.670 bits per heavy atom. The molecule has 614 valence electrons. The minimum atomic E-state index is -4.24. The number of hydrogen-bond acceptors (Lipinski definition) is 3. The van der Waals surface area contributed by atoms with Gasteiger partial charge in [0.15, 0.2) is 0 Å². The summed E-state index contributed by atoms with van der Waals surface area (Å²) in [7, 11) is 0. The summed E-state index contributed by atoms with van der Waals surface area (Å²) in [6.07, 6.45) is 17.8. The lowest BCUT2D eigenvalue weighted by molar-refractivity contribution is -0.138. The standard InChI is InChI=1S/C15H19F3.C14H17F3.C14H20.2C13H18.C12H18O.C11H16O.C11H16S/c1-9-4-12(8-14(5-9)15(16,17)18)13-6-10(2)11(3)7-13;1-9-7-12(8-10(9)2)11-3-5-13(6-4-11)14(15,16)17;1-10-5-4-6-13(7-10)14-8-11(2)12(3)9-14;1-10-3-6-12(7-4-10)13-8-5-11(2)9-13;1-10-4-3-5-12(8-10)13-7-6-11(2)9-13;1-8-6-9(2)11(7-8)12-5-4-10(3)13-12;2*1-8-3-5-10(7-8)11-6-4-9(2)12-11/h4-5,8,10-11,13H,6-7H2,1-3H3;3-6,9-10,12H,7-8H2,1-2H3;4-7,11-12,14H,8-9H2,1-3H3;3-4,6-7,11,13H,5,8-9H2,1-2H3;3-5,8,11,13H,6-7,9H2,1-2H3;4-5,8-9,11H,6-7H2,1-3H3;2*4,6,8,10H,3,5,7H2,1-2H3. The van der Waals surface area contributed by atoms with Gasteiger partial charge in [0.2, 0.25) is 0 Å². The Kier molecular flexibility index (Phi) is 33.4. The van der Waals surface area contributed by atoms with Gasteiger partial charge in [-0.1, -0.05) is 216 Å². The van der Waals surface area contributed by atoms with Gasteiger partial charge in [-0.2, -0.15) is 26.3 Å². The molecule has 3 heterocycles. The highest BCUT2D eigenvalue weighted by atomic mass is 32.1. The monoisotopic (exact) mass is 1560 g/mol. The Balaban J connectivity index is 0.000000147. The number of rotatable bonds is 8. The van der Waals surface area contributed by atoms with Crippen molar-refractivity contribution < 1.29 is 35.2 Å². The average Bonchev–Trinajstić information content (AvgIpc) is 1.86. The third-order valence-electron chi connectivity index (χ3n) is 27.4. The van der Waals surface area contributed by atoms with Crippen molar-refractivity contribution >= 4 is 11.3 Å². The number of halogens is 6. The average molecular weight is 1560 g/mol. The number of alkyl halides is 6. The molecule has 0 N–H and O–H groups in total. The van der Waals surface area contributed by atoms with Crippen molar-refractivity contribution in [3.05, 3.63) is 246 Å². The van der Waals surface area contributed by atoms with E-state index >= 15 is 0 Å². The van der Waals surface area contributed by atoms with Crippen molar-refractivity contribution in [3.8, 4) is 0 Å². The Morgan fingerprint density at radius 3 is 1.06 bits per heavy atom. The second kappa shape index (κ2) is 41.7. The lowest BCUT2D eigenvalue weighted by atomic mass is 9.93. The van der Waals surface area contributed by atoms with Crippen LogP contribution in [0.1, 0.15) is 353 Å². The van der Waals surface area contributed by atoms with Crippen LogP contribution in [0.4, 0.5) is 26.3 Å². The van der Waals surface area contributed by atoms with Gasteiger partial charge in [0.05, 0.1) is 11.1 Å². The summed E-state index contributed by atoms with van der Waals surface area (Å²) in [6.45, 7) is 42.2. The maximum atomic E-state index is 12.8. The molecule has 0 radical (unpaired) electrons.